The van der Waals surface area contributed by atoms with E-state index in [1.54, 1.807) is 12.1 Å². The number of nitrogens with zero attached hydrogens (tertiary/aromatic N) is 1. The largest absolute Gasteiger partial charge is 0.395 e. The number of aryl methyl sites for hydroxylation is 1. The van der Waals surface area contributed by atoms with Crippen LogP contribution in [0.15, 0.2) is 29.2 Å². The highest BCUT2D eigenvalue weighted by atomic mass is 32.2. The molecule has 0 bridgehead atoms. The van der Waals surface area contributed by atoms with Crippen molar-refractivity contribution < 1.29 is 13.5 Å². The van der Waals surface area contributed by atoms with Crippen molar-refractivity contribution in [3.05, 3.63) is 29.8 Å². The first-order chi connectivity index (χ1) is 8.02. The summed E-state index contributed by atoms with van der Waals surface area (Å²) in [6.45, 7) is 2.02. The summed E-state index contributed by atoms with van der Waals surface area (Å²) in [6, 6.07) is 6.91. The zero-order valence-corrected chi connectivity index (χ0v) is 11.1. The fourth-order valence-corrected chi connectivity index (χ4v) is 2.72. The van der Waals surface area contributed by atoms with Crippen molar-refractivity contribution in [1.82, 2.24) is 4.31 Å². The molecule has 17 heavy (non-hydrogen) atoms. The third kappa shape index (κ3) is 3.52. The van der Waals surface area contributed by atoms with Crippen LogP contribution in [0.4, 0.5) is 0 Å². The summed E-state index contributed by atoms with van der Waals surface area (Å²) < 4.78 is 25.2. The van der Waals surface area contributed by atoms with Crippen LogP contribution in [-0.2, 0) is 16.4 Å². The number of benzene rings is 1. The van der Waals surface area contributed by atoms with Crippen molar-refractivity contribution in [3.8, 4) is 0 Å². The molecule has 0 aliphatic carbocycles. The lowest BCUT2D eigenvalue weighted by Crippen LogP contribution is -2.29. The number of hydrogen-bond acceptors (Lipinski definition) is 3. The van der Waals surface area contributed by atoms with E-state index in [1.807, 2.05) is 12.1 Å². The van der Waals surface area contributed by atoms with Crippen molar-refractivity contribution in [3.63, 3.8) is 0 Å². The van der Waals surface area contributed by atoms with Crippen LogP contribution in [0.25, 0.3) is 0 Å². The molecule has 0 radical (unpaired) electrons. The lowest BCUT2D eigenvalue weighted by Gasteiger charge is -2.15. The second-order valence-electron chi connectivity index (χ2n) is 3.94. The summed E-state index contributed by atoms with van der Waals surface area (Å²) in [5.74, 6) is 0. The number of rotatable bonds is 6. The Kier molecular flexibility index (Phi) is 5.11. The fourth-order valence-electron chi connectivity index (χ4n) is 1.56. The normalized spacial score (nSPS) is 12.0. The first-order valence-electron chi connectivity index (χ1n) is 5.68. The molecule has 0 unspecified atom stereocenters. The Morgan fingerprint density at radius 1 is 1.24 bits per heavy atom. The van der Waals surface area contributed by atoms with Crippen LogP contribution in [0.5, 0.6) is 0 Å². The van der Waals surface area contributed by atoms with Gasteiger partial charge in [0.1, 0.15) is 0 Å². The Bertz CT molecular complexity index is 439. The molecule has 1 aromatic rings. The second-order valence-corrected chi connectivity index (χ2v) is 5.99. The SMILES string of the molecule is CCCc1ccc(S(=O)(=O)N(C)CCO)cc1. The van der Waals surface area contributed by atoms with Crippen LogP contribution in [0.1, 0.15) is 18.9 Å². The Morgan fingerprint density at radius 3 is 2.29 bits per heavy atom. The summed E-state index contributed by atoms with van der Waals surface area (Å²) >= 11 is 0. The Balaban J connectivity index is 2.92. The average molecular weight is 257 g/mol. The van der Waals surface area contributed by atoms with Gasteiger partial charge in [-0.25, -0.2) is 8.42 Å². The molecule has 0 heterocycles. The highest BCUT2D eigenvalue weighted by Crippen LogP contribution is 2.15. The minimum Gasteiger partial charge on any atom is -0.395 e. The summed E-state index contributed by atoms with van der Waals surface area (Å²) in [6.07, 6.45) is 1.99. The van der Waals surface area contributed by atoms with Crippen LogP contribution in [0.2, 0.25) is 0 Å². The topological polar surface area (TPSA) is 57.6 Å². The average Bonchev–Trinajstić information content (AvgIpc) is 2.30. The highest BCUT2D eigenvalue weighted by molar-refractivity contribution is 7.89. The van der Waals surface area contributed by atoms with Crippen molar-refractivity contribution in [1.29, 1.82) is 0 Å². The van der Waals surface area contributed by atoms with E-state index in [0.29, 0.717) is 0 Å². The number of aliphatic hydroxyl groups is 1. The van der Waals surface area contributed by atoms with Gasteiger partial charge in [-0.3, -0.25) is 0 Å². The van der Waals surface area contributed by atoms with Crippen LogP contribution < -0.4 is 0 Å². The maximum absolute atomic E-state index is 12.0. The fraction of sp³-hybridized carbons (Fsp3) is 0.500. The van der Waals surface area contributed by atoms with E-state index in [2.05, 4.69) is 6.92 Å². The number of likely N-dealkylation sites (N-methyl/N-ethyl adjacent to an activating group) is 1. The Hall–Kier alpha value is -0.910. The van der Waals surface area contributed by atoms with Gasteiger partial charge in [0.25, 0.3) is 0 Å². The van der Waals surface area contributed by atoms with Gasteiger partial charge in [-0.2, -0.15) is 4.31 Å². The van der Waals surface area contributed by atoms with Gasteiger partial charge in [0.2, 0.25) is 10.0 Å². The monoisotopic (exact) mass is 257 g/mol. The van der Waals surface area contributed by atoms with Gasteiger partial charge in [0.05, 0.1) is 11.5 Å². The summed E-state index contributed by atoms with van der Waals surface area (Å²) in [5, 5.41) is 8.75. The van der Waals surface area contributed by atoms with E-state index in [1.165, 1.54) is 7.05 Å². The molecule has 0 saturated carbocycles. The van der Waals surface area contributed by atoms with Crippen molar-refractivity contribution in [2.24, 2.45) is 0 Å². The van der Waals surface area contributed by atoms with Crippen LogP contribution in [-0.4, -0.2) is 38.0 Å². The second kappa shape index (κ2) is 6.14. The lowest BCUT2D eigenvalue weighted by atomic mass is 10.1. The molecule has 1 aromatic carbocycles. The zero-order chi connectivity index (χ0) is 12.9. The molecule has 0 spiro atoms. The van der Waals surface area contributed by atoms with E-state index in [0.717, 1.165) is 22.7 Å². The first-order valence-corrected chi connectivity index (χ1v) is 7.12. The van der Waals surface area contributed by atoms with Crippen molar-refractivity contribution in [2.45, 2.75) is 24.7 Å². The van der Waals surface area contributed by atoms with Crippen LogP contribution in [0, 0.1) is 0 Å². The maximum Gasteiger partial charge on any atom is 0.242 e. The molecule has 0 aromatic heterocycles. The predicted octanol–water partition coefficient (Wildman–Crippen LogP) is 1.25. The molecule has 96 valence electrons. The third-order valence-electron chi connectivity index (χ3n) is 2.59. The van der Waals surface area contributed by atoms with Crippen LogP contribution >= 0.6 is 0 Å². The summed E-state index contributed by atoms with van der Waals surface area (Å²) in [7, 11) is -2.00. The Labute approximate surface area is 103 Å². The molecule has 1 N–H and O–H groups in total. The maximum atomic E-state index is 12.0. The first kappa shape index (κ1) is 14.2. The van der Waals surface area contributed by atoms with Gasteiger partial charge in [-0.05, 0) is 24.1 Å². The van der Waals surface area contributed by atoms with Crippen molar-refractivity contribution >= 4 is 10.0 Å². The lowest BCUT2D eigenvalue weighted by molar-refractivity contribution is 0.266. The molecule has 4 nitrogen and oxygen atoms in total. The van der Waals surface area contributed by atoms with E-state index in [-0.39, 0.29) is 18.0 Å². The molecule has 1 rings (SSSR count). The van der Waals surface area contributed by atoms with Crippen LogP contribution in [0.3, 0.4) is 0 Å². The Morgan fingerprint density at radius 2 is 1.82 bits per heavy atom. The van der Waals surface area contributed by atoms with E-state index < -0.39 is 10.0 Å². The minimum atomic E-state index is -3.46. The summed E-state index contributed by atoms with van der Waals surface area (Å²) in [4.78, 5) is 0.272. The highest BCUT2D eigenvalue weighted by Gasteiger charge is 2.19. The van der Waals surface area contributed by atoms with Gasteiger partial charge in [0, 0.05) is 13.6 Å². The van der Waals surface area contributed by atoms with Gasteiger partial charge in [-0.15, -0.1) is 0 Å². The quantitative estimate of drug-likeness (QED) is 0.834. The number of sulfonamides is 1. The summed E-state index contributed by atoms with van der Waals surface area (Å²) in [5.41, 5.74) is 1.14. The predicted molar refractivity (Wildman–Crippen MR) is 67.3 cm³/mol. The molecule has 0 saturated heterocycles. The molecule has 5 heteroatoms. The van der Waals surface area contributed by atoms with E-state index in [9.17, 15) is 8.42 Å². The van der Waals surface area contributed by atoms with Gasteiger partial charge in [-0.1, -0.05) is 25.5 Å². The molecular formula is C12H19NO3S. The van der Waals surface area contributed by atoms with Gasteiger partial charge < -0.3 is 5.11 Å². The number of aliphatic hydroxyl groups excluding tert-OH is 1. The molecule has 0 atom stereocenters. The van der Waals surface area contributed by atoms with E-state index in [4.69, 9.17) is 5.11 Å². The standard InChI is InChI=1S/C12H19NO3S/c1-3-4-11-5-7-12(8-6-11)17(15,16)13(2)9-10-14/h5-8,14H,3-4,9-10H2,1-2H3. The molecule has 0 fully saturated rings. The smallest absolute Gasteiger partial charge is 0.242 e. The zero-order valence-electron chi connectivity index (χ0n) is 10.3. The van der Waals surface area contributed by atoms with Gasteiger partial charge in [0.15, 0.2) is 0 Å². The molecule has 0 amide bonds. The third-order valence-corrected chi connectivity index (χ3v) is 4.46. The van der Waals surface area contributed by atoms with Gasteiger partial charge >= 0.3 is 0 Å². The van der Waals surface area contributed by atoms with E-state index >= 15 is 0 Å². The molecule has 0 aliphatic heterocycles. The molecule has 0 aliphatic rings. The molecular weight excluding hydrogens is 238 g/mol. The minimum absolute atomic E-state index is 0.110. The number of hydrogen-bond donors (Lipinski definition) is 1. The van der Waals surface area contributed by atoms with Crippen molar-refractivity contribution in [2.75, 3.05) is 20.2 Å².